The average Bonchev–Trinajstić information content (AvgIpc) is 2.69. The van der Waals surface area contributed by atoms with Gasteiger partial charge in [-0.2, -0.15) is 0 Å². The summed E-state index contributed by atoms with van der Waals surface area (Å²) < 4.78 is 9.81. The zero-order valence-corrected chi connectivity index (χ0v) is 19.2. The molecule has 2 rings (SSSR count). The van der Waals surface area contributed by atoms with Crippen LogP contribution in [0.5, 0.6) is 11.5 Å². The number of ether oxygens (including phenoxy) is 2. The summed E-state index contributed by atoms with van der Waals surface area (Å²) in [5.74, 6) is 0.144. The van der Waals surface area contributed by atoms with E-state index in [1.54, 1.807) is 38.5 Å². The first-order valence-electron chi connectivity index (χ1n) is 8.49. The molecule has 0 spiro atoms. The lowest BCUT2D eigenvalue weighted by atomic mass is 10.3. The van der Waals surface area contributed by atoms with Crippen molar-refractivity contribution in [2.45, 2.75) is 26.1 Å². The number of benzene rings is 2. The third-order valence-corrected chi connectivity index (χ3v) is 4.73. The van der Waals surface area contributed by atoms with E-state index in [9.17, 15) is 10.2 Å². The first kappa shape index (κ1) is 27.0. The molecule has 0 fully saturated rings. The van der Waals surface area contributed by atoms with Crippen molar-refractivity contribution < 1.29 is 19.7 Å². The van der Waals surface area contributed by atoms with E-state index in [-0.39, 0.29) is 11.5 Å². The molecular weight excluding hydrogens is 366 g/mol. The van der Waals surface area contributed by atoms with Crippen molar-refractivity contribution in [1.29, 1.82) is 0 Å². The molecule has 26 heavy (non-hydrogen) atoms. The average molecular weight is 400 g/mol. The summed E-state index contributed by atoms with van der Waals surface area (Å²) in [6.07, 6.45) is 3.17. The van der Waals surface area contributed by atoms with Crippen molar-refractivity contribution in [2.24, 2.45) is 0 Å². The zero-order chi connectivity index (χ0) is 20.2. The van der Waals surface area contributed by atoms with Crippen LogP contribution in [0.25, 0.3) is 0 Å². The second kappa shape index (κ2) is 20.1. The summed E-state index contributed by atoms with van der Waals surface area (Å²) in [5, 5.41) is 20.5. The molecule has 6 heteroatoms. The Bertz CT molecular complexity index is 442. The standard InChI is InChI=1S/2C6H6O.2C4H11OP/c2*7-6-4-2-1-3-5-6;2*1-4(3-6)5-2/h2*1-5,7H;2*4H,3,6H2,1-2H3. The van der Waals surface area contributed by atoms with Crippen LogP contribution < -0.4 is 10.2 Å². The second-order valence-corrected chi connectivity index (χ2v) is 6.45. The number of para-hydroxylation sites is 2. The summed E-state index contributed by atoms with van der Waals surface area (Å²) in [6, 6.07) is 16.7. The second-order valence-electron chi connectivity index (χ2n) is 5.30. The molecule has 0 saturated carbocycles. The highest BCUT2D eigenvalue weighted by Gasteiger charge is 1.93. The minimum absolute atomic E-state index is 0.0718. The first-order valence-corrected chi connectivity index (χ1v) is 10.5. The third-order valence-electron chi connectivity index (χ3n) is 3.10. The Labute approximate surface area is 163 Å². The van der Waals surface area contributed by atoms with E-state index < -0.39 is 0 Å². The van der Waals surface area contributed by atoms with Gasteiger partial charge in [0.2, 0.25) is 0 Å². The molecule has 4 nitrogen and oxygen atoms in total. The molecule has 0 saturated heterocycles. The Balaban J connectivity index is 0. The Morgan fingerprint density at radius 3 is 1.04 bits per heavy atom. The van der Waals surface area contributed by atoms with E-state index in [4.69, 9.17) is 9.47 Å². The van der Waals surface area contributed by atoms with Crippen LogP contribution in [0.15, 0.2) is 60.7 Å². The molecule has 0 heterocycles. The van der Waals surface area contributed by atoms with Crippen molar-refractivity contribution in [1.82, 2.24) is 0 Å². The van der Waals surface area contributed by atoms with Crippen molar-refractivity contribution in [3.8, 4) is 11.5 Å². The molecule has 0 N–H and O–H groups in total. The lowest BCUT2D eigenvalue weighted by Crippen LogP contribution is -2.04. The lowest BCUT2D eigenvalue weighted by molar-refractivity contribution is -0.269. The topological polar surface area (TPSA) is 64.6 Å². The van der Waals surface area contributed by atoms with Gasteiger partial charge in [0.1, 0.15) is 0 Å². The van der Waals surface area contributed by atoms with E-state index in [2.05, 4.69) is 13.8 Å². The van der Waals surface area contributed by atoms with E-state index in [0.717, 1.165) is 12.3 Å². The van der Waals surface area contributed by atoms with Gasteiger partial charge in [-0.1, -0.05) is 60.7 Å². The third kappa shape index (κ3) is 20.9. The molecule has 0 radical (unpaired) electrons. The van der Waals surface area contributed by atoms with E-state index >= 15 is 0 Å². The number of methoxy groups -OCH3 is 2. The minimum atomic E-state index is 0.0718. The van der Waals surface area contributed by atoms with Gasteiger partial charge in [0.25, 0.3) is 0 Å². The SMILES string of the molecule is COC(C)C[PH3+].COC(C)C[PH3+].[O-]c1ccccc1.[O-]c1ccccc1. The molecule has 0 aliphatic heterocycles. The molecule has 0 amide bonds. The maximum atomic E-state index is 10.3. The highest BCUT2D eigenvalue weighted by molar-refractivity contribution is 7.16. The molecule has 148 valence electrons. The van der Waals surface area contributed by atoms with Crippen LogP contribution in [0, 0.1) is 0 Å². The van der Waals surface area contributed by atoms with Crippen LogP contribution in [-0.4, -0.2) is 38.8 Å². The molecule has 4 atom stereocenters. The zero-order valence-electron chi connectivity index (χ0n) is 16.4. The van der Waals surface area contributed by atoms with E-state index in [0.29, 0.717) is 12.2 Å². The van der Waals surface area contributed by atoms with Gasteiger partial charge in [-0.05, 0) is 32.3 Å². The Morgan fingerprint density at radius 1 is 0.692 bits per heavy atom. The normalized spacial score (nSPS) is 11.5. The summed E-state index contributed by atoms with van der Waals surface area (Å²) in [6.45, 7) is 4.12. The van der Waals surface area contributed by atoms with Crippen molar-refractivity contribution in [3.63, 3.8) is 0 Å². The van der Waals surface area contributed by atoms with E-state index in [1.165, 1.54) is 24.3 Å². The summed E-state index contributed by atoms with van der Waals surface area (Å²) in [5.41, 5.74) is 0. The summed E-state index contributed by atoms with van der Waals surface area (Å²) in [4.78, 5) is 0. The molecule has 0 aliphatic rings. The number of hydrogen-bond acceptors (Lipinski definition) is 4. The van der Waals surface area contributed by atoms with Gasteiger partial charge in [-0.15, -0.1) is 11.5 Å². The van der Waals surface area contributed by atoms with Crippen LogP contribution in [0.3, 0.4) is 0 Å². The molecule has 4 unspecified atom stereocenters. The molecule has 2 aromatic carbocycles. The van der Waals surface area contributed by atoms with Crippen molar-refractivity contribution in [2.75, 3.05) is 26.5 Å². The fourth-order valence-corrected chi connectivity index (χ4v) is 1.55. The maximum Gasteiger partial charge on any atom is 0.0873 e. The van der Waals surface area contributed by atoms with Gasteiger partial charge in [-0.3, -0.25) is 0 Å². The fourth-order valence-electron chi connectivity index (χ4n) is 1.08. The Hall–Kier alpha value is -1.18. The van der Waals surface area contributed by atoms with Gasteiger partial charge in [0, 0.05) is 14.2 Å². The molecule has 0 bridgehead atoms. The molecule has 2 aromatic rings. The van der Waals surface area contributed by atoms with Gasteiger partial charge >= 0.3 is 0 Å². The number of rotatable bonds is 4. The quantitative estimate of drug-likeness (QED) is 0.741. The van der Waals surface area contributed by atoms with Gasteiger partial charge in [0.05, 0.1) is 24.5 Å². The molecule has 0 aromatic heterocycles. The maximum absolute atomic E-state index is 10.3. The van der Waals surface area contributed by atoms with Crippen LogP contribution >= 0.6 is 18.5 Å². The highest BCUT2D eigenvalue weighted by Crippen LogP contribution is 1.98. The van der Waals surface area contributed by atoms with Gasteiger partial charge in [0.15, 0.2) is 0 Å². The number of hydrogen-bond donors (Lipinski definition) is 0. The van der Waals surface area contributed by atoms with Crippen LogP contribution in [0.4, 0.5) is 0 Å². The molecular formula is C20H34O4P2. The monoisotopic (exact) mass is 400 g/mol. The smallest absolute Gasteiger partial charge is 0.0873 e. The van der Waals surface area contributed by atoms with Crippen LogP contribution in [0.2, 0.25) is 0 Å². The fraction of sp³-hybridized carbons (Fsp3) is 0.400. The van der Waals surface area contributed by atoms with Crippen molar-refractivity contribution >= 4 is 18.5 Å². The van der Waals surface area contributed by atoms with E-state index in [1.807, 2.05) is 30.6 Å². The lowest BCUT2D eigenvalue weighted by Gasteiger charge is -1.98. The summed E-state index contributed by atoms with van der Waals surface area (Å²) >= 11 is 0. The minimum Gasteiger partial charge on any atom is -0.872 e. The Morgan fingerprint density at radius 2 is 0.962 bits per heavy atom. The van der Waals surface area contributed by atoms with Crippen LogP contribution in [0.1, 0.15) is 13.8 Å². The van der Waals surface area contributed by atoms with Gasteiger partial charge < -0.3 is 19.7 Å². The Kier molecular flexibility index (Phi) is 20.9. The predicted octanol–water partition coefficient (Wildman–Crippen LogP) is 2.78. The summed E-state index contributed by atoms with van der Waals surface area (Å²) in [7, 11) is 7.34. The molecule has 0 aliphatic carbocycles. The van der Waals surface area contributed by atoms with Crippen LogP contribution in [-0.2, 0) is 9.47 Å². The highest BCUT2D eigenvalue weighted by atomic mass is 31.0. The predicted molar refractivity (Wildman–Crippen MR) is 117 cm³/mol. The van der Waals surface area contributed by atoms with Crippen molar-refractivity contribution in [3.05, 3.63) is 60.7 Å². The largest absolute Gasteiger partial charge is 0.872 e. The first-order chi connectivity index (χ1) is 12.4. The van der Waals surface area contributed by atoms with Gasteiger partial charge in [-0.25, -0.2) is 0 Å².